The monoisotopic (exact) mass is 477 g/mol. The molecule has 2 aliphatic heterocycles. The van der Waals surface area contributed by atoms with Gasteiger partial charge in [0.1, 0.15) is 0 Å². The highest BCUT2D eigenvalue weighted by molar-refractivity contribution is 7.93. The number of hydrogen-bond donors (Lipinski definition) is 0. The molecule has 2 heterocycles. The predicted molar refractivity (Wildman–Crippen MR) is 117 cm³/mol. The summed E-state index contributed by atoms with van der Waals surface area (Å²) in [4.78, 5) is 51.4. The number of fused-ring (bicyclic) bond motifs is 1. The molecule has 0 aromatic heterocycles. The quantitative estimate of drug-likeness (QED) is 0.332. The molecule has 0 radical (unpaired) electrons. The van der Waals surface area contributed by atoms with E-state index in [9.17, 15) is 27.6 Å². The molecule has 9 nitrogen and oxygen atoms in total. The van der Waals surface area contributed by atoms with Crippen LogP contribution in [0.5, 0.6) is 0 Å². The van der Waals surface area contributed by atoms with E-state index in [4.69, 9.17) is 9.47 Å². The summed E-state index contributed by atoms with van der Waals surface area (Å²) in [5, 5.41) is -1.47. The predicted octanol–water partition coefficient (Wildman–Crippen LogP) is 2.02. The molecule has 10 heteroatoms. The minimum Gasteiger partial charge on any atom is -0.441 e. The Morgan fingerprint density at radius 3 is 2.21 bits per heavy atom. The molecule has 0 bridgehead atoms. The molecule has 178 valence electrons. The van der Waals surface area contributed by atoms with Gasteiger partial charge < -0.3 is 9.47 Å². The highest BCUT2D eigenvalue weighted by Gasteiger charge is 2.64. The van der Waals surface area contributed by atoms with Crippen molar-refractivity contribution in [2.45, 2.75) is 57.5 Å². The van der Waals surface area contributed by atoms with Crippen molar-refractivity contribution in [3.8, 4) is 0 Å². The number of ketones is 2. The van der Waals surface area contributed by atoms with E-state index in [-0.39, 0.29) is 29.9 Å². The molecule has 1 amide bonds. The van der Waals surface area contributed by atoms with Crippen LogP contribution in [-0.2, 0) is 33.7 Å². The van der Waals surface area contributed by atoms with Crippen LogP contribution in [0.1, 0.15) is 50.9 Å². The molecule has 33 heavy (non-hydrogen) atoms. The molecule has 0 N–H and O–H groups in total. The number of Topliss-reactive ketones (excluding diaryl/α,β-unsaturated/α-hetero) is 2. The lowest BCUT2D eigenvalue weighted by atomic mass is 9.85. The molecule has 1 aromatic carbocycles. The number of allylic oxidation sites excluding steroid dienone is 1. The summed E-state index contributed by atoms with van der Waals surface area (Å²) in [6.07, 6.45) is -1.80. The van der Waals surface area contributed by atoms with Gasteiger partial charge >= 0.3 is 5.97 Å². The Kier molecular flexibility index (Phi) is 6.63. The van der Waals surface area contributed by atoms with E-state index < -0.39 is 49.8 Å². The van der Waals surface area contributed by atoms with Crippen LogP contribution in [0.15, 0.2) is 41.6 Å². The second-order valence-corrected chi connectivity index (χ2v) is 11.2. The molecule has 3 atom stereocenters. The zero-order valence-corrected chi connectivity index (χ0v) is 20.0. The first kappa shape index (κ1) is 24.8. The first-order chi connectivity index (χ1) is 15.3. The number of esters is 1. The van der Waals surface area contributed by atoms with Crippen molar-refractivity contribution in [1.82, 2.24) is 4.90 Å². The Balaban J connectivity index is 1.89. The summed E-state index contributed by atoms with van der Waals surface area (Å²) in [6, 6.07) is 8.37. The highest BCUT2D eigenvalue weighted by atomic mass is 32.2. The van der Waals surface area contributed by atoms with Crippen molar-refractivity contribution < 1.29 is 37.1 Å². The van der Waals surface area contributed by atoms with Crippen LogP contribution < -0.4 is 0 Å². The Morgan fingerprint density at radius 2 is 1.67 bits per heavy atom. The number of carbonyl (C=O) groups excluding carboxylic acids is 4. The molecule has 1 saturated heterocycles. The van der Waals surface area contributed by atoms with E-state index >= 15 is 0 Å². The van der Waals surface area contributed by atoms with Gasteiger partial charge in [-0.1, -0.05) is 51.1 Å². The summed E-state index contributed by atoms with van der Waals surface area (Å²) in [7, 11) is -3.07. The van der Waals surface area contributed by atoms with Crippen LogP contribution in [0.4, 0.5) is 0 Å². The van der Waals surface area contributed by atoms with Crippen molar-refractivity contribution in [3.63, 3.8) is 0 Å². The fraction of sp³-hybridized carbons (Fsp3) is 0.478. The van der Waals surface area contributed by atoms with E-state index in [0.717, 1.165) is 4.90 Å². The Bertz CT molecular complexity index is 1130. The number of amides is 1. The van der Waals surface area contributed by atoms with E-state index in [1.165, 1.54) is 14.0 Å². The molecular weight excluding hydrogens is 450 g/mol. The molecule has 0 aliphatic carbocycles. The van der Waals surface area contributed by atoms with Crippen LogP contribution in [-0.4, -0.2) is 60.8 Å². The van der Waals surface area contributed by atoms with E-state index in [0.29, 0.717) is 5.56 Å². The third-order valence-corrected chi connectivity index (χ3v) is 7.82. The first-order valence-corrected chi connectivity index (χ1v) is 12.0. The topological polar surface area (TPSA) is 124 Å². The Morgan fingerprint density at radius 1 is 1.06 bits per heavy atom. The number of benzene rings is 1. The van der Waals surface area contributed by atoms with Crippen LogP contribution in [0, 0.1) is 5.41 Å². The molecule has 0 saturated carbocycles. The van der Waals surface area contributed by atoms with Crippen molar-refractivity contribution >= 4 is 33.3 Å². The fourth-order valence-corrected chi connectivity index (χ4v) is 6.02. The van der Waals surface area contributed by atoms with Crippen molar-refractivity contribution in [3.05, 3.63) is 47.2 Å². The maximum atomic E-state index is 13.2. The normalized spacial score (nSPS) is 24.1. The number of ether oxygens (including phenoxy) is 2. The molecule has 1 unspecified atom stereocenters. The number of carbonyl (C=O) groups is 4. The maximum Gasteiger partial charge on any atom is 0.307 e. The van der Waals surface area contributed by atoms with Crippen molar-refractivity contribution in [2.24, 2.45) is 5.41 Å². The van der Waals surface area contributed by atoms with Gasteiger partial charge in [-0.25, -0.2) is 8.42 Å². The molecule has 1 fully saturated rings. The zero-order valence-electron chi connectivity index (χ0n) is 19.2. The lowest BCUT2D eigenvalue weighted by Crippen LogP contribution is -2.72. The largest absolute Gasteiger partial charge is 0.441 e. The number of methoxy groups -OCH3 is 1. The maximum absolute atomic E-state index is 13.2. The third kappa shape index (κ3) is 4.37. The van der Waals surface area contributed by atoms with Crippen LogP contribution in [0.2, 0.25) is 0 Å². The number of hydrogen-bond acceptors (Lipinski definition) is 8. The van der Waals surface area contributed by atoms with Crippen molar-refractivity contribution in [2.75, 3.05) is 7.11 Å². The number of β-lactam (4-membered cyclic amide) rings is 1. The summed E-state index contributed by atoms with van der Waals surface area (Å²) < 4.78 is 36.8. The minimum absolute atomic E-state index is 0.0446. The summed E-state index contributed by atoms with van der Waals surface area (Å²) >= 11 is 0. The summed E-state index contributed by atoms with van der Waals surface area (Å²) in [5.74, 6) is -2.28. The van der Waals surface area contributed by atoms with E-state index in [1.54, 1.807) is 51.1 Å². The van der Waals surface area contributed by atoms with Gasteiger partial charge in [-0.2, -0.15) is 0 Å². The molecule has 2 aliphatic rings. The molecule has 1 aromatic rings. The standard InChI is InChI=1S/C23H27NO8S/c1-13-17(19(27)23(2,3)4)24-20(28)18(31-5)21(24)33(29,30)22(13)32-16(26)12-11-15(25)14-9-7-6-8-10-14/h6-10,18,21-22H,11-12H2,1-5H3/t18-,21-,22?/m0/s1. The van der Waals surface area contributed by atoms with Gasteiger partial charge in [0.05, 0.1) is 12.1 Å². The number of rotatable bonds is 7. The van der Waals surface area contributed by atoms with Gasteiger partial charge in [-0.3, -0.25) is 24.1 Å². The van der Waals surface area contributed by atoms with Crippen LogP contribution in [0.25, 0.3) is 0 Å². The average molecular weight is 478 g/mol. The lowest BCUT2D eigenvalue weighted by molar-refractivity contribution is -0.162. The smallest absolute Gasteiger partial charge is 0.307 e. The molecular formula is C23H27NO8S. The fourth-order valence-electron chi connectivity index (χ4n) is 3.85. The minimum atomic E-state index is -4.26. The third-order valence-electron chi connectivity index (χ3n) is 5.64. The second kappa shape index (κ2) is 8.83. The van der Waals surface area contributed by atoms with Gasteiger partial charge in [0.15, 0.2) is 23.0 Å². The van der Waals surface area contributed by atoms with Gasteiger partial charge in [0.25, 0.3) is 5.91 Å². The summed E-state index contributed by atoms with van der Waals surface area (Å²) in [6.45, 7) is 6.28. The van der Waals surface area contributed by atoms with E-state index in [1.807, 2.05) is 0 Å². The molecule has 0 spiro atoms. The second-order valence-electron chi connectivity index (χ2n) is 9.07. The Labute approximate surface area is 192 Å². The Hall–Kier alpha value is -2.85. The zero-order chi connectivity index (χ0) is 24.7. The van der Waals surface area contributed by atoms with Crippen LogP contribution >= 0.6 is 0 Å². The number of sulfone groups is 1. The van der Waals surface area contributed by atoms with Gasteiger partial charge in [0, 0.05) is 30.1 Å². The highest BCUT2D eigenvalue weighted by Crippen LogP contribution is 2.43. The SMILES string of the molecule is CO[C@H]1C(=O)N2C(C(=O)C(C)(C)C)=C(C)C(OC(=O)CCC(=O)c3ccccc3)S(=O)(=O)[C@@H]12. The van der Waals surface area contributed by atoms with Gasteiger partial charge in [-0.15, -0.1) is 0 Å². The van der Waals surface area contributed by atoms with E-state index in [2.05, 4.69) is 0 Å². The molecule has 3 rings (SSSR count). The number of nitrogens with zero attached hydrogens (tertiary/aromatic N) is 1. The average Bonchev–Trinajstić information content (AvgIpc) is 2.75. The summed E-state index contributed by atoms with van der Waals surface area (Å²) in [5.41, 5.74) is -2.39. The first-order valence-electron chi connectivity index (χ1n) is 10.4. The van der Waals surface area contributed by atoms with Gasteiger partial charge in [-0.05, 0) is 6.92 Å². The lowest BCUT2D eigenvalue weighted by Gasteiger charge is -2.50. The van der Waals surface area contributed by atoms with Crippen LogP contribution in [0.3, 0.4) is 0 Å². The van der Waals surface area contributed by atoms with Gasteiger partial charge in [0.2, 0.25) is 15.3 Å². The van der Waals surface area contributed by atoms with Crippen molar-refractivity contribution in [1.29, 1.82) is 0 Å².